The van der Waals surface area contributed by atoms with Gasteiger partial charge in [0.2, 0.25) is 5.89 Å². The van der Waals surface area contributed by atoms with E-state index in [0.29, 0.717) is 11.5 Å². The monoisotopic (exact) mass is 352 g/mol. The molecule has 0 radical (unpaired) electrons. The number of carbonyl (C=O) groups excluding carboxylic acids is 1. The summed E-state index contributed by atoms with van der Waals surface area (Å²) >= 11 is 0. The molecule has 0 spiro atoms. The number of nitrogens with zero attached hydrogens (tertiary/aromatic N) is 2. The Labute approximate surface area is 151 Å². The van der Waals surface area contributed by atoms with Gasteiger partial charge in [0.1, 0.15) is 6.61 Å². The molecule has 134 valence electrons. The second-order valence-electron chi connectivity index (χ2n) is 6.18. The molecule has 0 aliphatic carbocycles. The summed E-state index contributed by atoms with van der Waals surface area (Å²) in [5.41, 5.74) is 0.788. The first-order chi connectivity index (χ1) is 12.5. The van der Waals surface area contributed by atoms with Crippen molar-refractivity contribution < 1.29 is 19.1 Å². The Kier molecular flexibility index (Phi) is 5.14. The smallest absolute Gasteiger partial charge is 0.338 e. The van der Waals surface area contributed by atoms with Crippen LogP contribution in [0.2, 0.25) is 0 Å². The van der Waals surface area contributed by atoms with Crippen LogP contribution >= 0.6 is 0 Å². The minimum absolute atomic E-state index is 0.00655. The third kappa shape index (κ3) is 3.97. The highest BCUT2D eigenvalue weighted by molar-refractivity contribution is 5.89. The largest absolute Gasteiger partial charge is 0.458 e. The Bertz CT molecular complexity index is 870. The molecule has 0 amide bonds. The number of aryl methyl sites for hydroxylation is 1. The van der Waals surface area contributed by atoms with Gasteiger partial charge >= 0.3 is 5.97 Å². The van der Waals surface area contributed by atoms with Crippen molar-refractivity contribution in [2.24, 2.45) is 0 Å². The van der Waals surface area contributed by atoms with Crippen LogP contribution in [0, 0.1) is 0 Å². The Morgan fingerprint density at radius 3 is 2.46 bits per heavy atom. The summed E-state index contributed by atoms with van der Waals surface area (Å²) in [5.74, 6) is -0.231. The quantitative estimate of drug-likeness (QED) is 0.685. The number of rotatable bonds is 6. The third-order valence-corrected chi connectivity index (χ3v) is 3.99. The molecule has 1 heterocycles. The van der Waals surface area contributed by atoms with Gasteiger partial charge in [-0.2, -0.15) is 0 Å². The maximum absolute atomic E-state index is 12.0. The van der Waals surface area contributed by atoms with Crippen LogP contribution in [0.15, 0.2) is 59.0 Å². The fourth-order valence-electron chi connectivity index (χ4n) is 2.37. The van der Waals surface area contributed by atoms with Gasteiger partial charge in [-0.05, 0) is 43.2 Å². The lowest BCUT2D eigenvalue weighted by atomic mass is 10.1. The van der Waals surface area contributed by atoms with Crippen LogP contribution in [-0.2, 0) is 16.8 Å². The van der Waals surface area contributed by atoms with Crippen molar-refractivity contribution in [3.63, 3.8) is 0 Å². The lowest BCUT2D eigenvalue weighted by Gasteiger charge is -2.18. The summed E-state index contributed by atoms with van der Waals surface area (Å²) in [5, 5.41) is 18.4. The van der Waals surface area contributed by atoms with Crippen molar-refractivity contribution in [1.29, 1.82) is 0 Å². The van der Waals surface area contributed by atoms with Gasteiger partial charge in [-0.15, -0.1) is 10.2 Å². The van der Waals surface area contributed by atoms with E-state index >= 15 is 0 Å². The summed E-state index contributed by atoms with van der Waals surface area (Å²) < 4.78 is 10.8. The van der Waals surface area contributed by atoms with Crippen LogP contribution in [0.4, 0.5) is 0 Å². The van der Waals surface area contributed by atoms with Gasteiger partial charge in [-0.25, -0.2) is 4.79 Å². The molecule has 2 aromatic carbocycles. The topological polar surface area (TPSA) is 85.5 Å². The first-order valence-electron chi connectivity index (χ1n) is 8.37. The molecule has 0 aliphatic rings. The predicted molar refractivity (Wildman–Crippen MR) is 95.4 cm³/mol. The number of hydrogen-bond donors (Lipinski definition) is 1. The van der Waals surface area contributed by atoms with E-state index in [1.54, 1.807) is 30.3 Å². The van der Waals surface area contributed by atoms with Gasteiger partial charge in [0, 0.05) is 5.56 Å². The minimum atomic E-state index is -1.58. The molecule has 0 saturated heterocycles. The highest BCUT2D eigenvalue weighted by Crippen LogP contribution is 2.25. The normalized spacial score (nSPS) is 13.2. The molecule has 1 atom stereocenters. The zero-order valence-corrected chi connectivity index (χ0v) is 14.7. The van der Waals surface area contributed by atoms with Crippen molar-refractivity contribution in [2.75, 3.05) is 6.61 Å². The van der Waals surface area contributed by atoms with Crippen molar-refractivity contribution in [3.05, 3.63) is 71.6 Å². The number of esters is 1. The maximum atomic E-state index is 12.0. The van der Waals surface area contributed by atoms with Crippen LogP contribution in [0.25, 0.3) is 11.5 Å². The molecule has 6 nitrogen and oxygen atoms in total. The molecule has 3 rings (SSSR count). The molecule has 1 aromatic heterocycles. The van der Waals surface area contributed by atoms with Crippen LogP contribution in [0.3, 0.4) is 0 Å². The van der Waals surface area contributed by atoms with Gasteiger partial charge in [0.15, 0.2) is 5.60 Å². The van der Waals surface area contributed by atoms with E-state index in [1.807, 2.05) is 24.3 Å². The number of aromatic nitrogens is 2. The third-order valence-electron chi connectivity index (χ3n) is 3.99. The predicted octanol–water partition coefficient (Wildman–Crippen LogP) is 3.36. The summed E-state index contributed by atoms with van der Waals surface area (Å²) in [6.07, 6.45) is 0.941. The van der Waals surface area contributed by atoms with Crippen LogP contribution in [-0.4, -0.2) is 27.9 Å². The summed E-state index contributed by atoms with van der Waals surface area (Å²) in [6.45, 7) is 3.24. The number of carbonyl (C=O) groups is 1. The van der Waals surface area contributed by atoms with E-state index in [1.165, 1.54) is 12.5 Å². The molecule has 1 unspecified atom stereocenters. The molecular formula is C20H20N2O4. The van der Waals surface area contributed by atoms with Gasteiger partial charge in [0.25, 0.3) is 5.89 Å². The molecule has 0 bridgehead atoms. The molecule has 1 N–H and O–H groups in total. The van der Waals surface area contributed by atoms with Crippen molar-refractivity contribution in [3.8, 4) is 11.5 Å². The van der Waals surface area contributed by atoms with Crippen molar-refractivity contribution in [2.45, 2.75) is 25.9 Å². The van der Waals surface area contributed by atoms with Gasteiger partial charge in [-0.1, -0.05) is 37.3 Å². The highest BCUT2D eigenvalue weighted by Gasteiger charge is 2.32. The first-order valence-corrected chi connectivity index (χ1v) is 8.37. The zero-order chi connectivity index (χ0) is 18.6. The number of aliphatic hydroxyl groups is 1. The average molecular weight is 352 g/mol. The minimum Gasteiger partial charge on any atom is -0.458 e. The Hall–Kier alpha value is -2.99. The molecule has 0 saturated carbocycles. The molecular weight excluding hydrogens is 332 g/mol. The van der Waals surface area contributed by atoms with E-state index in [-0.39, 0.29) is 12.5 Å². The number of hydrogen-bond acceptors (Lipinski definition) is 6. The standard InChI is InChI=1S/C20H20N2O4/c1-3-14-9-11-15(12-10-14)17-21-22-19(26-17)20(2,24)13-25-18(23)16-7-5-4-6-8-16/h4-12,24H,3,13H2,1-2H3. The van der Waals surface area contributed by atoms with Crippen molar-refractivity contribution >= 4 is 5.97 Å². The molecule has 0 aliphatic heterocycles. The van der Waals surface area contributed by atoms with Crippen LogP contribution in [0.1, 0.15) is 35.7 Å². The number of ether oxygens (including phenoxy) is 1. The second-order valence-corrected chi connectivity index (χ2v) is 6.18. The number of benzene rings is 2. The Balaban J connectivity index is 1.69. The van der Waals surface area contributed by atoms with E-state index < -0.39 is 11.6 Å². The fourth-order valence-corrected chi connectivity index (χ4v) is 2.37. The average Bonchev–Trinajstić information content (AvgIpc) is 3.18. The van der Waals surface area contributed by atoms with E-state index in [0.717, 1.165) is 12.0 Å². The summed E-state index contributed by atoms with van der Waals surface area (Å²) in [4.78, 5) is 12.0. The van der Waals surface area contributed by atoms with E-state index in [4.69, 9.17) is 9.15 Å². The molecule has 6 heteroatoms. The molecule has 3 aromatic rings. The van der Waals surface area contributed by atoms with Crippen LogP contribution < -0.4 is 0 Å². The lowest BCUT2D eigenvalue weighted by Crippen LogP contribution is -2.29. The summed E-state index contributed by atoms with van der Waals surface area (Å²) in [7, 11) is 0. The second kappa shape index (κ2) is 7.49. The SMILES string of the molecule is CCc1ccc(-c2nnc(C(C)(O)COC(=O)c3ccccc3)o2)cc1. The van der Waals surface area contributed by atoms with E-state index in [9.17, 15) is 9.90 Å². The van der Waals surface area contributed by atoms with Gasteiger partial charge in [0.05, 0.1) is 5.56 Å². The molecule has 26 heavy (non-hydrogen) atoms. The fraction of sp³-hybridized carbons (Fsp3) is 0.250. The van der Waals surface area contributed by atoms with Crippen LogP contribution in [0.5, 0.6) is 0 Å². The first kappa shape index (κ1) is 17.8. The van der Waals surface area contributed by atoms with Gasteiger partial charge in [-0.3, -0.25) is 0 Å². The summed E-state index contributed by atoms with van der Waals surface area (Å²) in [6, 6.07) is 16.3. The highest BCUT2D eigenvalue weighted by atomic mass is 16.5. The van der Waals surface area contributed by atoms with Crippen molar-refractivity contribution in [1.82, 2.24) is 10.2 Å². The maximum Gasteiger partial charge on any atom is 0.338 e. The van der Waals surface area contributed by atoms with E-state index in [2.05, 4.69) is 17.1 Å². The van der Waals surface area contributed by atoms with Gasteiger partial charge < -0.3 is 14.3 Å². The zero-order valence-electron chi connectivity index (χ0n) is 14.7. The Morgan fingerprint density at radius 2 is 1.81 bits per heavy atom. The Morgan fingerprint density at radius 1 is 1.12 bits per heavy atom. The lowest BCUT2D eigenvalue weighted by molar-refractivity contribution is -0.0392. The molecule has 0 fully saturated rings.